The van der Waals surface area contributed by atoms with Gasteiger partial charge < -0.3 is 14.6 Å². The van der Waals surface area contributed by atoms with Crippen LogP contribution in [0.1, 0.15) is 23.1 Å². The minimum Gasteiger partial charge on any atom is -0.464 e. The fourth-order valence-electron chi connectivity index (χ4n) is 3.46. The van der Waals surface area contributed by atoms with Gasteiger partial charge in [-0.05, 0) is 30.0 Å². The summed E-state index contributed by atoms with van der Waals surface area (Å²) in [5.74, 6) is 0.620. The summed E-state index contributed by atoms with van der Waals surface area (Å²) in [7, 11) is 0. The van der Waals surface area contributed by atoms with E-state index in [4.69, 9.17) is 17.0 Å². The zero-order chi connectivity index (χ0) is 18.8. The number of hydrogen-bond acceptors (Lipinski definition) is 5. The number of esters is 1. The highest BCUT2D eigenvalue weighted by atomic mass is 32.2. The number of aromatic nitrogens is 1. The Morgan fingerprint density at radius 3 is 3.00 bits per heavy atom. The standard InChI is InChI=1S/C20H20N2O2S3/c1-2-24-19(23)18-10-15-14-7-3-4-8-16(14)21-17(15)11-22(18)20(25)27-12-13-6-5-9-26-13/h3-9,18,21H,2,10-12H2,1H3/t18-/m0/s1. The molecular weight excluding hydrogens is 396 g/mol. The van der Waals surface area contributed by atoms with Gasteiger partial charge in [0, 0.05) is 33.6 Å². The Bertz CT molecular complexity index is 965. The molecule has 0 radical (unpaired) electrons. The van der Waals surface area contributed by atoms with Gasteiger partial charge in [0.05, 0.1) is 13.2 Å². The number of benzene rings is 1. The molecule has 0 bridgehead atoms. The highest BCUT2D eigenvalue weighted by Gasteiger charge is 2.36. The maximum Gasteiger partial charge on any atom is 0.329 e. The fraction of sp³-hybridized carbons (Fsp3) is 0.300. The molecule has 1 atom stereocenters. The van der Waals surface area contributed by atoms with Crippen molar-refractivity contribution in [1.29, 1.82) is 0 Å². The number of para-hydroxylation sites is 1. The average Bonchev–Trinajstić information content (AvgIpc) is 3.32. The first kappa shape index (κ1) is 18.5. The van der Waals surface area contributed by atoms with E-state index in [9.17, 15) is 4.79 Å². The number of rotatable bonds is 4. The molecule has 0 fully saturated rings. The zero-order valence-corrected chi connectivity index (χ0v) is 17.4. The van der Waals surface area contributed by atoms with Crippen molar-refractivity contribution in [2.24, 2.45) is 0 Å². The molecule has 4 nitrogen and oxygen atoms in total. The molecule has 3 heterocycles. The zero-order valence-electron chi connectivity index (χ0n) is 14.9. The van der Waals surface area contributed by atoms with Crippen molar-refractivity contribution in [2.75, 3.05) is 6.61 Å². The van der Waals surface area contributed by atoms with Gasteiger partial charge in [0.15, 0.2) is 0 Å². The SMILES string of the molecule is CCOC(=O)[C@@H]1Cc2c([nH]c3ccccc23)CN1C(=S)SCc1cccs1. The van der Waals surface area contributed by atoms with Crippen molar-refractivity contribution < 1.29 is 9.53 Å². The number of aromatic amines is 1. The molecule has 0 saturated heterocycles. The van der Waals surface area contributed by atoms with E-state index in [2.05, 4.69) is 28.6 Å². The van der Waals surface area contributed by atoms with Crippen molar-refractivity contribution in [3.8, 4) is 0 Å². The summed E-state index contributed by atoms with van der Waals surface area (Å²) >= 11 is 9.04. The lowest BCUT2D eigenvalue weighted by Crippen LogP contribution is -2.48. The summed E-state index contributed by atoms with van der Waals surface area (Å²) < 4.78 is 6.10. The van der Waals surface area contributed by atoms with E-state index < -0.39 is 0 Å². The fourth-order valence-corrected chi connectivity index (χ4v) is 5.49. The van der Waals surface area contributed by atoms with Crippen LogP contribution in [0.3, 0.4) is 0 Å². The van der Waals surface area contributed by atoms with Crippen LogP contribution in [-0.4, -0.2) is 32.8 Å². The highest BCUT2D eigenvalue weighted by Crippen LogP contribution is 2.33. The second-order valence-corrected chi connectivity index (χ2v) is 9.00. The number of thioether (sulfide) groups is 1. The Morgan fingerprint density at radius 2 is 2.22 bits per heavy atom. The third-order valence-electron chi connectivity index (χ3n) is 4.72. The van der Waals surface area contributed by atoms with Crippen LogP contribution >= 0.6 is 35.3 Å². The summed E-state index contributed by atoms with van der Waals surface area (Å²) in [5.41, 5.74) is 3.44. The molecule has 0 saturated carbocycles. The van der Waals surface area contributed by atoms with Crippen LogP contribution in [-0.2, 0) is 28.2 Å². The van der Waals surface area contributed by atoms with Crippen LogP contribution in [0.15, 0.2) is 41.8 Å². The van der Waals surface area contributed by atoms with Crippen molar-refractivity contribution >= 4 is 56.5 Å². The number of carbonyl (C=O) groups excluding carboxylic acids is 1. The molecule has 4 rings (SSSR count). The molecule has 7 heteroatoms. The molecule has 1 aromatic carbocycles. The first-order valence-electron chi connectivity index (χ1n) is 8.88. The molecular formula is C20H20N2O2S3. The number of nitrogens with zero attached hydrogens (tertiary/aromatic N) is 1. The van der Waals surface area contributed by atoms with E-state index in [0.717, 1.165) is 21.3 Å². The maximum atomic E-state index is 12.7. The molecule has 1 N–H and O–H groups in total. The van der Waals surface area contributed by atoms with Gasteiger partial charge in [-0.3, -0.25) is 0 Å². The van der Waals surface area contributed by atoms with Crippen LogP contribution in [0.2, 0.25) is 0 Å². The van der Waals surface area contributed by atoms with Gasteiger partial charge >= 0.3 is 5.97 Å². The minimum absolute atomic E-state index is 0.201. The predicted molar refractivity (Wildman–Crippen MR) is 116 cm³/mol. The maximum absolute atomic E-state index is 12.7. The molecule has 0 amide bonds. The first-order chi connectivity index (χ1) is 13.2. The van der Waals surface area contributed by atoms with Crippen molar-refractivity contribution in [3.63, 3.8) is 0 Å². The van der Waals surface area contributed by atoms with Crippen LogP contribution < -0.4 is 0 Å². The number of H-pyrrole nitrogens is 1. The van der Waals surface area contributed by atoms with Crippen LogP contribution in [0.25, 0.3) is 10.9 Å². The van der Waals surface area contributed by atoms with Crippen LogP contribution in [0.4, 0.5) is 0 Å². The minimum atomic E-state index is -0.375. The van der Waals surface area contributed by atoms with Gasteiger partial charge in [0.1, 0.15) is 10.4 Å². The van der Waals surface area contributed by atoms with E-state index in [-0.39, 0.29) is 12.0 Å². The number of thiophene rings is 1. The number of fused-ring (bicyclic) bond motifs is 3. The average molecular weight is 417 g/mol. The van der Waals surface area contributed by atoms with Gasteiger partial charge in [0.25, 0.3) is 0 Å². The molecule has 0 unspecified atom stereocenters. The summed E-state index contributed by atoms with van der Waals surface area (Å²) in [5, 5.41) is 3.25. The Hall–Kier alpha value is -1.83. The number of ether oxygens (including phenoxy) is 1. The topological polar surface area (TPSA) is 45.3 Å². The first-order valence-corrected chi connectivity index (χ1v) is 11.2. The molecule has 0 aliphatic carbocycles. The van der Waals surface area contributed by atoms with E-state index in [0.29, 0.717) is 19.6 Å². The van der Waals surface area contributed by atoms with Crippen molar-refractivity contribution in [2.45, 2.75) is 31.7 Å². The third-order valence-corrected chi connectivity index (χ3v) is 7.30. The molecule has 3 aromatic rings. The largest absolute Gasteiger partial charge is 0.464 e. The molecule has 1 aliphatic heterocycles. The van der Waals surface area contributed by atoms with Gasteiger partial charge in [-0.1, -0.05) is 48.2 Å². The second kappa shape index (κ2) is 8.04. The number of nitrogens with one attached hydrogen (secondary N) is 1. The predicted octanol–water partition coefficient (Wildman–Crippen LogP) is 4.74. The molecule has 27 heavy (non-hydrogen) atoms. The monoisotopic (exact) mass is 416 g/mol. The van der Waals surface area contributed by atoms with Crippen LogP contribution in [0.5, 0.6) is 0 Å². The Kier molecular flexibility index (Phi) is 5.52. The van der Waals surface area contributed by atoms with Gasteiger partial charge in [-0.2, -0.15) is 0 Å². The molecule has 1 aliphatic rings. The van der Waals surface area contributed by atoms with E-state index in [1.54, 1.807) is 23.1 Å². The number of thiocarbonyl (C=S) groups is 1. The summed E-state index contributed by atoms with van der Waals surface area (Å²) in [6.45, 7) is 2.81. The van der Waals surface area contributed by atoms with Gasteiger partial charge in [0.2, 0.25) is 0 Å². The summed E-state index contributed by atoms with van der Waals surface area (Å²) in [6, 6.07) is 12.0. The lowest BCUT2D eigenvalue weighted by Gasteiger charge is -2.35. The highest BCUT2D eigenvalue weighted by molar-refractivity contribution is 8.22. The molecule has 0 spiro atoms. The number of carbonyl (C=O) groups is 1. The lowest BCUT2D eigenvalue weighted by molar-refractivity contribution is -0.148. The summed E-state index contributed by atoms with van der Waals surface area (Å²) in [4.78, 5) is 19.5. The Balaban J connectivity index is 1.61. The normalized spacial score (nSPS) is 16.3. The Labute approximate surface area is 171 Å². The smallest absolute Gasteiger partial charge is 0.329 e. The molecule has 2 aromatic heterocycles. The van der Waals surface area contributed by atoms with E-state index in [1.807, 2.05) is 30.0 Å². The lowest BCUT2D eigenvalue weighted by atomic mass is 9.97. The van der Waals surface area contributed by atoms with Crippen LogP contribution in [0, 0.1) is 0 Å². The second-order valence-electron chi connectivity index (χ2n) is 6.36. The van der Waals surface area contributed by atoms with E-state index in [1.165, 1.54) is 15.8 Å². The van der Waals surface area contributed by atoms with Gasteiger partial charge in [-0.25, -0.2) is 4.79 Å². The quantitative estimate of drug-likeness (QED) is 0.492. The van der Waals surface area contributed by atoms with Gasteiger partial charge in [-0.15, -0.1) is 11.3 Å². The van der Waals surface area contributed by atoms with Crippen molar-refractivity contribution in [3.05, 3.63) is 57.9 Å². The molecule has 140 valence electrons. The van der Waals surface area contributed by atoms with E-state index >= 15 is 0 Å². The Morgan fingerprint density at radius 1 is 1.37 bits per heavy atom. The third kappa shape index (κ3) is 3.77. The van der Waals surface area contributed by atoms with Crippen molar-refractivity contribution in [1.82, 2.24) is 9.88 Å². The number of hydrogen-bond donors (Lipinski definition) is 1. The summed E-state index contributed by atoms with van der Waals surface area (Å²) in [6.07, 6.45) is 0.609.